The molecule has 5 heterocycles. The number of benzene rings is 1. The summed E-state index contributed by atoms with van der Waals surface area (Å²) in [5, 5.41) is 0. The van der Waals surface area contributed by atoms with Gasteiger partial charge < -0.3 is 14.5 Å². The Morgan fingerprint density at radius 1 is 1.21 bits per heavy atom. The number of pyridine rings is 1. The number of amides is 1. The van der Waals surface area contributed by atoms with Crippen LogP contribution in [0, 0.1) is 6.92 Å². The van der Waals surface area contributed by atoms with Crippen LogP contribution in [-0.4, -0.2) is 52.1 Å². The molecule has 0 saturated carbocycles. The summed E-state index contributed by atoms with van der Waals surface area (Å²) in [6.07, 6.45) is 4.83. The highest BCUT2D eigenvalue weighted by atomic mass is 16.5. The van der Waals surface area contributed by atoms with Crippen molar-refractivity contribution in [2.45, 2.75) is 25.7 Å². The number of aryl methyl sites for hydroxylation is 1. The number of ether oxygens (including phenoxy) is 2. The molecule has 0 aliphatic carbocycles. The molecular weight excluding hydrogens is 422 g/mol. The molecule has 9 heteroatoms. The van der Waals surface area contributed by atoms with Gasteiger partial charge in [-0.05, 0) is 43.5 Å². The second-order valence-electron chi connectivity index (χ2n) is 8.60. The van der Waals surface area contributed by atoms with Gasteiger partial charge in [0.05, 0.1) is 37.1 Å². The van der Waals surface area contributed by atoms with Gasteiger partial charge in [0, 0.05) is 30.2 Å². The van der Waals surface area contributed by atoms with Crippen LogP contribution in [-0.2, 0) is 11.2 Å². The van der Waals surface area contributed by atoms with Crippen molar-refractivity contribution in [3.8, 4) is 5.75 Å². The first-order valence-corrected chi connectivity index (χ1v) is 11.0. The molecule has 168 valence electrons. The van der Waals surface area contributed by atoms with Gasteiger partial charge in [0.25, 0.3) is 11.5 Å². The van der Waals surface area contributed by atoms with E-state index in [9.17, 15) is 9.59 Å². The molecule has 3 aromatic heterocycles. The smallest absolute Gasteiger partial charge is 0.274 e. The number of hydrogen-bond donors (Lipinski definition) is 1. The first kappa shape index (κ1) is 19.9. The highest BCUT2D eigenvalue weighted by molar-refractivity contribution is 6.09. The molecule has 1 saturated heterocycles. The Bertz CT molecular complexity index is 1480. The van der Waals surface area contributed by atoms with E-state index < -0.39 is 0 Å². The fourth-order valence-electron chi connectivity index (χ4n) is 4.90. The van der Waals surface area contributed by atoms with Gasteiger partial charge in [-0.15, -0.1) is 0 Å². The predicted molar refractivity (Wildman–Crippen MR) is 122 cm³/mol. The molecule has 0 radical (unpaired) electrons. The number of hydrogen-bond acceptors (Lipinski definition) is 6. The molecule has 1 atom stereocenters. The molecule has 0 spiro atoms. The number of methoxy groups -OCH3 is 1. The largest absolute Gasteiger partial charge is 0.495 e. The van der Waals surface area contributed by atoms with Gasteiger partial charge in [-0.3, -0.25) is 18.9 Å². The maximum absolute atomic E-state index is 13.5. The van der Waals surface area contributed by atoms with E-state index in [1.807, 2.05) is 23.5 Å². The van der Waals surface area contributed by atoms with Crippen LogP contribution >= 0.6 is 0 Å². The van der Waals surface area contributed by atoms with Crippen molar-refractivity contribution in [1.82, 2.24) is 19.4 Å². The van der Waals surface area contributed by atoms with Gasteiger partial charge >= 0.3 is 0 Å². The average Bonchev–Trinajstić information content (AvgIpc) is 3.57. The summed E-state index contributed by atoms with van der Waals surface area (Å²) in [7, 11) is 1.60. The van der Waals surface area contributed by atoms with Crippen LogP contribution in [0.25, 0.3) is 16.6 Å². The molecule has 4 aromatic rings. The maximum Gasteiger partial charge on any atom is 0.274 e. The number of nitrogens with zero attached hydrogens (tertiary/aromatic N) is 4. The van der Waals surface area contributed by atoms with E-state index in [1.54, 1.807) is 30.5 Å². The van der Waals surface area contributed by atoms with Gasteiger partial charge in [-0.25, -0.2) is 9.97 Å². The van der Waals surface area contributed by atoms with Crippen LogP contribution in [0.1, 0.15) is 39.6 Å². The second-order valence-corrected chi connectivity index (χ2v) is 8.60. The highest BCUT2D eigenvalue weighted by Crippen LogP contribution is 2.32. The minimum atomic E-state index is -0.234. The molecule has 1 amide bonds. The SMILES string of the molecule is COc1cnc2c(c1)CCN2C(=O)c1cc2[nH]c(=O)c3cnc(C4CCOC4)n3c2cc1C. The third-order valence-electron chi connectivity index (χ3n) is 6.64. The van der Waals surface area contributed by atoms with E-state index in [-0.39, 0.29) is 17.4 Å². The van der Waals surface area contributed by atoms with Crippen molar-refractivity contribution in [2.24, 2.45) is 0 Å². The number of aromatic amines is 1. The quantitative estimate of drug-likeness (QED) is 0.520. The maximum atomic E-state index is 13.5. The van der Waals surface area contributed by atoms with E-state index >= 15 is 0 Å². The lowest BCUT2D eigenvalue weighted by atomic mass is 10.0. The lowest BCUT2D eigenvalue weighted by molar-refractivity contribution is 0.0988. The number of fused-ring (bicyclic) bond motifs is 4. The lowest BCUT2D eigenvalue weighted by Crippen LogP contribution is -2.30. The molecule has 9 nitrogen and oxygen atoms in total. The minimum absolute atomic E-state index is 0.137. The number of rotatable bonds is 3. The first-order valence-electron chi connectivity index (χ1n) is 11.0. The molecule has 1 aromatic carbocycles. The number of imidazole rings is 1. The zero-order valence-electron chi connectivity index (χ0n) is 18.4. The molecule has 0 bridgehead atoms. The molecule has 33 heavy (non-hydrogen) atoms. The van der Waals surface area contributed by atoms with Crippen LogP contribution < -0.4 is 15.2 Å². The molecule has 2 aliphatic rings. The number of carbonyl (C=O) groups is 1. The molecule has 2 aliphatic heterocycles. The van der Waals surface area contributed by atoms with Crippen LogP contribution in [0.5, 0.6) is 5.75 Å². The van der Waals surface area contributed by atoms with E-state index in [1.165, 1.54) is 0 Å². The summed E-state index contributed by atoms with van der Waals surface area (Å²) >= 11 is 0. The lowest BCUT2D eigenvalue weighted by Gasteiger charge is -2.18. The first-order chi connectivity index (χ1) is 16.0. The molecule has 1 unspecified atom stereocenters. The Labute approximate surface area is 189 Å². The summed E-state index contributed by atoms with van der Waals surface area (Å²) in [6, 6.07) is 5.64. The van der Waals surface area contributed by atoms with Crippen molar-refractivity contribution in [3.63, 3.8) is 0 Å². The number of anilines is 1. The van der Waals surface area contributed by atoms with Crippen LogP contribution in [0.3, 0.4) is 0 Å². The zero-order chi connectivity index (χ0) is 22.7. The van der Waals surface area contributed by atoms with Crippen molar-refractivity contribution >= 4 is 28.3 Å². The van der Waals surface area contributed by atoms with Crippen LogP contribution in [0.2, 0.25) is 0 Å². The third kappa shape index (κ3) is 3.03. The molecule has 1 fully saturated rings. The van der Waals surface area contributed by atoms with Gasteiger partial charge in [0.1, 0.15) is 22.9 Å². The minimum Gasteiger partial charge on any atom is -0.495 e. The van der Waals surface area contributed by atoms with Gasteiger partial charge in [-0.2, -0.15) is 0 Å². The topological polar surface area (TPSA) is 102 Å². The molecule has 6 rings (SSSR count). The Morgan fingerprint density at radius 3 is 2.88 bits per heavy atom. The number of carbonyl (C=O) groups excluding carboxylic acids is 1. The summed E-state index contributed by atoms with van der Waals surface area (Å²) in [6.45, 7) is 3.75. The van der Waals surface area contributed by atoms with Gasteiger partial charge in [0.15, 0.2) is 0 Å². The number of aromatic nitrogens is 4. The molecule has 1 N–H and O–H groups in total. The predicted octanol–water partition coefficient (Wildman–Crippen LogP) is 2.59. The highest BCUT2D eigenvalue weighted by Gasteiger charge is 2.29. The monoisotopic (exact) mass is 445 g/mol. The van der Waals surface area contributed by atoms with Crippen molar-refractivity contribution < 1.29 is 14.3 Å². The Balaban J connectivity index is 1.47. The van der Waals surface area contributed by atoms with E-state index in [2.05, 4.69) is 15.0 Å². The molecular formula is C24H23N5O4. The van der Waals surface area contributed by atoms with Crippen molar-refractivity contribution in [1.29, 1.82) is 0 Å². The van der Waals surface area contributed by atoms with E-state index in [0.717, 1.165) is 35.3 Å². The Hall–Kier alpha value is -3.72. The second kappa shape index (κ2) is 7.41. The number of H-pyrrole nitrogens is 1. The van der Waals surface area contributed by atoms with E-state index in [0.29, 0.717) is 47.9 Å². The Morgan fingerprint density at radius 2 is 2.09 bits per heavy atom. The van der Waals surface area contributed by atoms with Gasteiger partial charge in [-0.1, -0.05) is 0 Å². The van der Waals surface area contributed by atoms with Crippen molar-refractivity contribution in [2.75, 3.05) is 31.8 Å². The van der Waals surface area contributed by atoms with Crippen molar-refractivity contribution in [3.05, 3.63) is 63.5 Å². The van der Waals surface area contributed by atoms with Gasteiger partial charge in [0.2, 0.25) is 0 Å². The number of nitrogens with one attached hydrogen (secondary N) is 1. The third-order valence-corrected chi connectivity index (χ3v) is 6.64. The summed E-state index contributed by atoms with van der Waals surface area (Å²) in [4.78, 5) is 40.0. The normalized spacial score (nSPS) is 17.8. The standard InChI is InChI=1S/C24H23N5O4/c1-13-7-19-18(27-23(30)20-11-26-22(29(19)20)15-4-6-33-12-15)9-17(13)24(31)28-5-3-14-8-16(32-2)10-25-21(14)28/h7-11,15H,3-6,12H2,1-2H3,(H,27,30). The average molecular weight is 445 g/mol. The van der Waals surface area contributed by atoms with E-state index in [4.69, 9.17) is 9.47 Å². The Kier molecular flexibility index (Phi) is 4.48. The summed E-state index contributed by atoms with van der Waals surface area (Å²) < 4.78 is 12.7. The fraction of sp³-hybridized carbons (Fsp3) is 0.333. The summed E-state index contributed by atoms with van der Waals surface area (Å²) in [5.41, 5.74) is 4.03. The summed E-state index contributed by atoms with van der Waals surface area (Å²) in [5.74, 6) is 2.16. The zero-order valence-corrected chi connectivity index (χ0v) is 18.4. The van der Waals surface area contributed by atoms with Crippen LogP contribution in [0.15, 0.2) is 35.4 Å². The van der Waals surface area contributed by atoms with Crippen LogP contribution in [0.4, 0.5) is 5.82 Å². The fourth-order valence-corrected chi connectivity index (χ4v) is 4.90.